The molecule has 8 rings (SSSR count). The van der Waals surface area contributed by atoms with Gasteiger partial charge in [-0.05, 0) is 12.1 Å². The van der Waals surface area contributed by atoms with Gasteiger partial charge < -0.3 is 0 Å². The van der Waals surface area contributed by atoms with E-state index in [9.17, 15) is 19.2 Å². The number of nitrogens with zero attached hydrogens (tertiary/aromatic N) is 3. The Morgan fingerprint density at radius 1 is 0.784 bits per heavy atom. The number of ether oxygens (including phenoxy) is 5. The Morgan fingerprint density at radius 3 is 1.89 bits per heavy atom. The molecule has 2 fully saturated rings. The first-order valence-electron chi connectivity index (χ1n) is 24.4. The number of benzene rings is 4. The van der Waals surface area contributed by atoms with E-state index in [0.717, 1.165) is 16.7 Å². The number of hydrogen-bond donors (Lipinski definition) is 2. The van der Waals surface area contributed by atoms with Crippen LogP contribution in [0.15, 0.2) is 142 Å². The molecule has 392 valence electrons. The Labute approximate surface area is 439 Å². The number of aromatic amines is 1. The summed E-state index contributed by atoms with van der Waals surface area (Å²) in [7, 11) is 0.833. The van der Waals surface area contributed by atoms with Gasteiger partial charge in [0.15, 0.2) is 0 Å². The van der Waals surface area contributed by atoms with Crippen LogP contribution in [-0.4, -0.2) is 107 Å². The molecule has 0 saturated carbocycles. The average molecular weight is 1110 g/mol. The third-order valence-electron chi connectivity index (χ3n) is 13.9. The van der Waals surface area contributed by atoms with Gasteiger partial charge in [-0.3, -0.25) is 4.79 Å². The Bertz CT molecular complexity index is 3090. The van der Waals surface area contributed by atoms with E-state index in [-0.39, 0.29) is 30.5 Å². The van der Waals surface area contributed by atoms with Crippen LogP contribution in [0.25, 0.3) is 0 Å². The van der Waals surface area contributed by atoms with Crippen LogP contribution < -0.4 is 31.7 Å². The van der Waals surface area contributed by atoms with Crippen LogP contribution in [0.3, 0.4) is 0 Å². The van der Waals surface area contributed by atoms with Gasteiger partial charge in [0.2, 0.25) is 0 Å². The van der Waals surface area contributed by atoms with E-state index < -0.39 is 79.6 Å². The minimum absolute atomic E-state index is 0.0292. The number of rotatable bonds is 19. The molecule has 6 aromatic rings. The van der Waals surface area contributed by atoms with E-state index >= 15 is 0 Å². The van der Waals surface area contributed by atoms with E-state index in [1.807, 2.05) is 91.6 Å². The molecule has 0 bridgehead atoms. The Hall–Kier alpha value is -5.56. The van der Waals surface area contributed by atoms with Gasteiger partial charge in [0.1, 0.15) is 0 Å². The summed E-state index contributed by atoms with van der Waals surface area (Å²) in [4.78, 5) is 59.0. The van der Waals surface area contributed by atoms with Gasteiger partial charge in [0.05, 0.1) is 14.2 Å². The number of aromatic nitrogens is 4. The summed E-state index contributed by atoms with van der Waals surface area (Å²) in [5, 5.41) is 2.56. The summed E-state index contributed by atoms with van der Waals surface area (Å²) in [5.41, 5.74) is 0.315. The third-order valence-corrected chi connectivity index (χ3v) is 20.9. The Kier molecular flexibility index (Phi) is 16.8. The van der Waals surface area contributed by atoms with Gasteiger partial charge in [-0.2, -0.15) is 0 Å². The van der Waals surface area contributed by atoms with Crippen molar-refractivity contribution < 1.29 is 42.0 Å². The molecule has 2 N–H and O–H groups in total. The molecular formula is C54H64N5O12PSeSi. The third kappa shape index (κ3) is 12.2. The van der Waals surface area contributed by atoms with Crippen LogP contribution in [0.2, 0.25) is 18.1 Å². The fourth-order valence-electron chi connectivity index (χ4n) is 8.88. The molecule has 7 atom stereocenters. The number of nitrogens with one attached hydrogen (secondary N) is 2. The Balaban J connectivity index is 1.07. The number of aryl methyl sites for hydroxylation is 1. The molecule has 2 aliphatic rings. The van der Waals surface area contributed by atoms with Gasteiger partial charge in [-0.1, -0.05) is 18.2 Å². The van der Waals surface area contributed by atoms with Crippen molar-refractivity contribution in [3.05, 3.63) is 187 Å². The molecule has 20 heteroatoms. The summed E-state index contributed by atoms with van der Waals surface area (Å²) >= 11 is 3.20. The van der Waals surface area contributed by atoms with Crippen molar-refractivity contribution in [2.45, 2.75) is 101 Å². The molecule has 1 amide bonds. The fraction of sp³-hybridized carbons (Fsp3) is 0.389. The van der Waals surface area contributed by atoms with Crippen molar-refractivity contribution >= 4 is 41.1 Å². The minimum atomic E-state index is -2.92. The number of H-pyrrole nitrogens is 1. The Morgan fingerprint density at radius 2 is 1.32 bits per heavy atom. The predicted octanol–water partition coefficient (Wildman–Crippen LogP) is 8.31. The zero-order valence-corrected chi connectivity index (χ0v) is 46.6. The predicted molar refractivity (Wildman–Crippen MR) is 286 cm³/mol. The summed E-state index contributed by atoms with van der Waals surface area (Å²) in [6.45, 7) is 14.3. The van der Waals surface area contributed by atoms with Gasteiger partial charge in [0.25, 0.3) is 0 Å². The second-order valence-corrected chi connectivity index (χ2v) is 30.9. The number of anilines is 1. The average Bonchev–Trinajstić information content (AvgIpc) is 3.97. The zero-order valence-electron chi connectivity index (χ0n) is 43.0. The molecule has 1 unspecified atom stereocenters. The maximum absolute atomic E-state index is 13.6. The van der Waals surface area contributed by atoms with E-state index in [0.29, 0.717) is 29.0 Å². The van der Waals surface area contributed by atoms with Crippen LogP contribution in [0.5, 0.6) is 11.5 Å². The van der Waals surface area contributed by atoms with Crippen LogP contribution >= 0.6 is 5.96 Å². The van der Waals surface area contributed by atoms with E-state index in [1.54, 1.807) is 57.7 Å². The first-order chi connectivity index (χ1) is 35.2. The van der Waals surface area contributed by atoms with Gasteiger partial charge in [-0.15, -0.1) is 0 Å². The first-order valence-corrected chi connectivity index (χ1v) is 31.6. The van der Waals surface area contributed by atoms with Crippen molar-refractivity contribution in [2.75, 3.05) is 39.4 Å². The zero-order chi connectivity index (χ0) is 53.0. The van der Waals surface area contributed by atoms with Crippen molar-refractivity contribution in [3.63, 3.8) is 0 Å². The maximum atomic E-state index is 13.6. The quantitative estimate of drug-likeness (QED) is 0.0448. The normalized spacial score (nSPS) is 21.0. The van der Waals surface area contributed by atoms with Crippen LogP contribution in [0, 0.1) is 6.92 Å². The summed E-state index contributed by atoms with van der Waals surface area (Å²) in [6, 6.07) is 35.5. The summed E-state index contributed by atoms with van der Waals surface area (Å²) in [5.74, 6) is -1.85. The summed E-state index contributed by atoms with van der Waals surface area (Å²) in [6.07, 6.45) is -0.623. The van der Waals surface area contributed by atoms with Crippen molar-refractivity contribution in [2.24, 2.45) is 0 Å². The molecule has 4 heterocycles. The molecule has 0 spiro atoms. The van der Waals surface area contributed by atoms with Crippen molar-refractivity contribution in [1.82, 2.24) is 19.1 Å². The van der Waals surface area contributed by atoms with Gasteiger partial charge in [0, 0.05) is 5.56 Å². The van der Waals surface area contributed by atoms with Crippen molar-refractivity contribution in [1.29, 1.82) is 0 Å². The number of carbonyl (C=O) groups excluding carboxylic acids is 1. The van der Waals surface area contributed by atoms with Crippen LogP contribution in [0.1, 0.15) is 78.7 Å². The second kappa shape index (κ2) is 22.7. The molecule has 0 aliphatic carbocycles. The number of carbonyl (C=O) groups is 1. The second-order valence-electron chi connectivity index (χ2n) is 20.0. The monoisotopic (exact) mass is 1110 g/mol. The standard InChI is InChI=1S/C54H64N5O12PSeSi/c1-35-32-59(52(63)57-49(35)60)48-30-42(44(68-48)33-66-54(37-18-14-11-15-19-37,38-20-24-40(64-5)25-21-38)39-22-26-41(65-6)27-23-39)70-72(7,73)67-34-45-43(71-74(8,9)53(2,3)4)31-47(69-45)58-29-28-46(56-51(58)62)55-50(61)36-16-12-10-13-17-36/h10-29,32,42-45,47-48H,30-31,33-34H2,1-9H3,(H,57,60,63)(H,55,56,61,62)/t42-,43-,44+,45+,47+,48+,72?/m0/s1. The van der Waals surface area contributed by atoms with Crippen LogP contribution in [0.4, 0.5) is 5.82 Å². The SMILES string of the molecule is COc1ccc(C(OC[C@H]2O[C@@H](n3cc(C)c(=O)[nH]c3=O)C[C@@H]2OP(C)(=[Se])OC[C@H]2O[C@@H](n3ccc(NC(=O)c4ccccc4)nc3=O)C[C@@H]2O[Si](C)(C)C(C)(C)C)(c2ccccc2)c2ccc(OC)cc2)cc1. The topological polar surface area (TPSA) is 193 Å². The fourth-order valence-corrected chi connectivity index (χ4v) is 12.5. The summed E-state index contributed by atoms with van der Waals surface area (Å²) < 4.78 is 55.3. The van der Waals surface area contributed by atoms with E-state index in [2.05, 4.69) is 64.2 Å². The van der Waals surface area contributed by atoms with Gasteiger partial charge >= 0.3 is 386 Å². The first kappa shape index (κ1) is 54.7. The van der Waals surface area contributed by atoms with Crippen molar-refractivity contribution in [3.8, 4) is 11.5 Å². The molecule has 74 heavy (non-hydrogen) atoms. The van der Waals surface area contributed by atoms with E-state index in [4.69, 9.17) is 37.2 Å². The molecular weight excluding hydrogens is 1050 g/mol. The number of hydrogen-bond acceptors (Lipinski definition) is 13. The molecule has 17 nitrogen and oxygen atoms in total. The van der Waals surface area contributed by atoms with E-state index in [1.165, 1.54) is 15.3 Å². The molecule has 2 aromatic heterocycles. The molecule has 4 aromatic carbocycles. The molecule has 2 aliphatic heterocycles. The van der Waals surface area contributed by atoms with Gasteiger partial charge in [-0.25, -0.2) is 0 Å². The molecule has 2 saturated heterocycles. The van der Waals surface area contributed by atoms with Crippen LogP contribution in [-0.2, 0) is 33.3 Å². The molecule has 0 radical (unpaired) electrons. The number of amides is 1. The number of methoxy groups -OCH3 is 2.